The summed E-state index contributed by atoms with van der Waals surface area (Å²) in [6, 6.07) is 17.5. The summed E-state index contributed by atoms with van der Waals surface area (Å²) in [5.74, 6) is 0. The predicted molar refractivity (Wildman–Crippen MR) is 342 cm³/mol. The first kappa shape index (κ1) is 68.4. The number of nitrogens with zero attached hydrogens (tertiary/aromatic N) is 2. The molecular formula is C73H126N2. The third-order valence-corrected chi connectivity index (χ3v) is 16.1. The highest BCUT2D eigenvalue weighted by Gasteiger charge is 2.06. The molecule has 0 fully saturated rings. The van der Waals surface area contributed by atoms with Gasteiger partial charge in [-0.1, -0.05) is 351 Å². The standard InChI is InChI=1S/C73H126N2/c1-4-7-10-12-14-16-18-20-22-24-26-28-30-32-34-36-38-40-42-44-46-48-50-52-55-61-69-63-57-59-66-72(69)74-68-71(65-54-9-6-3)75-73-67-60-58-64-70(73)62-56-53-51-49-47-45-43-41-39-37-35-33-31-29-27-25-23-21-19-17-15-13-11-8-5-2/h50-53,57-60,63-64,66-68H,4-49,54-56,61-62,65H2,1-3H3. The second-order valence-corrected chi connectivity index (χ2v) is 23.3. The molecule has 2 nitrogen and oxygen atoms in total. The van der Waals surface area contributed by atoms with Crippen molar-refractivity contribution >= 4 is 23.3 Å². The fraction of sp³-hybridized carbons (Fsp3) is 0.753. The summed E-state index contributed by atoms with van der Waals surface area (Å²) < 4.78 is 0. The maximum absolute atomic E-state index is 5.28. The maximum Gasteiger partial charge on any atom is 0.0665 e. The molecule has 0 aliphatic heterocycles. The van der Waals surface area contributed by atoms with Gasteiger partial charge in [0.05, 0.1) is 17.1 Å². The van der Waals surface area contributed by atoms with Crippen LogP contribution in [0.3, 0.4) is 0 Å². The van der Waals surface area contributed by atoms with Crippen molar-refractivity contribution in [1.29, 1.82) is 0 Å². The van der Waals surface area contributed by atoms with Gasteiger partial charge in [0.2, 0.25) is 0 Å². The number of allylic oxidation sites excluding steroid dienone is 4. The topological polar surface area (TPSA) is 24.7 Å². The van der Waals surface area contributed by atoms with Crippen LogP contribution in [0.1, 0.15) is 353 Å². The van der Waals surface area contributed by atoms with E-state index in [9.17, 15) is 0 Å². The Labute approximate surface area is 469 Å². The van der Waals surface area contributed by atoms with E-state index in [0.29, 0.717) is 0 Å². The Morgan fingerprint density at radius 3 is 0.907 bits per heavy atom. The molecule has 75 heavy (non-hydrogen) atoms. The maximum atomic E-state index is 5.28. The van der Waals surface area contributed by atoms with E-state index < -0.39 is 0 Å². The van der Waals surface area contributed by atoms with Crippen molar-refractivity contribution in [3.63, 3.8) is 0 Å². The van der Waals surface area contributed by atoms with E-state index in [1.165, 1.54) is 306 Å². The van der Waals surface area contributed by atoms with E-state index >= 15 is 0 Å². The first-order valence-corrected chi connectivity index (χ1v) is 33.9. The van der Waals surface area contributed by atoms with Crippen molar-refractivity contribution in [3.05, 3.63) is 84.0 Å². The summed E-state index contributed by atoms with van der Waals surface area (Å²) in [7, 11) is 0. The van der Waals surface area contributed by atoms with E-state index in [1.807, 2.05) is 0 Å². The van der Waals surface area contributed by atoms with Crippen LogP contribution in [0.5, 0.6) is 0 Å². The second-order valence-electron chi connectivity index (χ2n) is 23.3. The number of para-hydroxylation sites is 2. The van der Waals surface area contributed by atoms with Crippen molar-refractivity contribution in [2.24, 2.45) is 9.98 Å². The zero-order chi connectivity index (χ0) is 53.3. The Morgan fingerprint density at radius 1 is 0.293 bits per heavy atom. The van der Waals surface area contributed by atoms with Gasteiger partial charge >= 0.3 is 0 Å². The van der Waals surface area contributed by atoms with Gasteiger partial charge in [-0.15, -0.1) is 0 Å². The van der Waals surface area contributed by atoms with Crippen LogP contribution < -0.4 is 0 Å². The van der Waals surface area contributed by atoms with Crippen LogP contribution in [0, 0.1) is 0 Å². The molecule has 2 heteroatoms. The van der Waals surface area contributed by atoms with Crippen LogP contribution in [0.2, 0.25) is 0 Å². The number of hydrogen-bond donors (Lipinski definition) is 0. The molecule has 0 bridgehead atoms. The van der Waals surface area contributed by atoms with Gasteiger partial charge in [-0.2, -0.15) is 0 Å². The van der Waals surface area contributed by atoms with Gasteiger partial charge in [-0.05, 0) is 87.5 Å². The lowest BCUT2D eigenvalue weighted by Gasteiger charge is -2.08. The Kier molecular flexibility index (Phi) is 51.0. The molecule has 2 aromatic rings. The molecule has 0 heterocycles. The summed E-state index contributed by atoms with van der Waals surface area (Å²) in [5, 5.41) is 0. The van der Waals surface area contributed by atoms with Gasteiger partial charge in [0, 0.05) is 6.21 Å². The van der Waals surface area contributed by atoms with Crippen LogP contribution in [0.4, 0.5) is 11.4 Å². The number of benzene rings is 2. The quantitative estimate of drug-likeness (QED) is 0.0358. The monoisotopic (exact) mass is 1030 g/mol. The fourth-order valence-electron chi connectivity index (χ4n) is 11.0. The van der Waals surface area contributed by atoms with Gasteiger partial charge in [-0.25, -0.2) is 0 Å². The number of aryl methyl sites for hydroxylation is 2. The minimum absolute atomic E-state index is 0.968. The lowest BCUT2D eigenvalue weighted by Crippen LogP contribution is -2.01. The van der Waals surface area contributed by atoms with Crippen molar-refractivity contribution in [1.82, 2.24) is 0 Å². The molecule has 0 saturated heterocycles. The molecule has 2 rings (SSSR count). The predicted octanol–water partition coefficient (Wildman–Crippen LogP) is 25.9. The minimum Gasteiger partial charge on any atom is -0.255 e. The first-order valence-electron chi connectivity index (χ1n) is 33.9. The number of aliphatic imine (C=N–C) groups is 2. The SMILES string of the molecule is CCCCCCCCCCCCCCCCCCCCCCCC=CCCc1ccccc1N=CC(CCCCC)=Nc1ccccc1CCC=CCCCCCCCCCCCCCCCCCCCCCCC. The number of hydrogen-bond acceptors (Lipinski definition) is 2. The van der Waals surface area contributed by atoms with E-state index in [-0.39, 0.29) is 0 Å². The van der Waals surface area contributed by atoms with Crippen LogP contribution in [-0.4, -0.2) is 11.9 Å². The van der Waals surface area contributed by atoms with Gasteiger partial charge in [0.1, 0.15) is 0 Å². The van der Waals surface area contributed by atoms with E-state index in [2.05, 4.69) is 99.8 Å². The summed E-state index contributed by atoms with van der Waals surface area (Å²) in [6.07, 6.45) is 83.5. The summed E-state index contributed by atoms with van der Waals surface area (Å²) >= 11 is 0. The van der Waals surface area contributed by atoms with Gasteiger partial charge in [-0.3, -0.25) is 9.98 Å². The zero-order valence-corrected chi connectivity index (χ0v) is 50.7. The molecule has 0 aromatic heterocycles. The van der Waals surface area contributed by atoms with Gasteiger partial charge in [0.15, 0.2) is 0 Å². The molecule has 0 atom stereocenters. The molecule has 0 amide bonds. The van der Waals surface area contributed by atoms with E-state index in [4.69, 9.17) is 9.98 Å². The summed E-state index contributed by atoms with van der Waals surface area (Å²) in [6.45, 7) is 6.90. The highest BCUT2D eigenvalue weighted by molar-refractivity contribution is 6.31. The van der Waals surface area contributed by atoms with Crippen molar-refractivity contribution in [3.8, 4) is 0 Å². The zero-order valence-electron chi connectivity index (χ0n) is 50.7. The normalized spacial score (nSPS) is 12.2. The molecule has 0 N–H and O–H groups in total. The van der Waals surface area contributed by atoms with Crippen LogP contribution in [-0.2, 0) is 12.8 Å². The average molecular weight is 1030 g/mol. The first-order chi connectivity index (χ1) is 37.3. The highest BCUT2D eigenvalue weighted by Crippen LogP contribution is 2.25. The average Bonchev–Trinajstić information content (AvgIpc) is 3.43. The molecule has 0 unspecified atom stereocenters. The Morgan fingerprint density at radius 2 is 0.560 bits per heavy atom. The highest BCUT2D eigenvalue weighted by atomic mass is 14.8. The largest absolute Gasteiger partial charge is 0.255 e. The Balaban J connectivity index is 1.56. The smallest absolute Gasteiger partial charge is 0.0665 e. The third-order valence-electron chi connectivity index (χ3n) is 16.1. The minimum atomic E-state index is 0.968. The van der Waals surface area contributed by atoms with Crippen molar-refractivity contribution in [2.45, 2.75) is 355 Å². The molecule has 0 aliphatic carbocycles. The van der Waals surface area contributed by atoms with Crippen LogP contribution in [0.15, 0.2) is 82.8 Å². The second kappa shape index (κ2) is 56.0. The molecular weight excluding hydrogens is 905 g/mol. The van der Waals surface area contributed by atoms with E-state index in [1.54, 1.807) is 0 Å². The summed E-state index contributed by atoms with van der Waals surface area (Å²) in [5.41, 5.74) is 5.98. The Hall–Kier alpha value is -2.74. The molecule has 0 radical (unpaired) electrons. The van der Waals surface area contributed by atoms with Crippen molar-refractivity contribution in [2.75, 3.05) is 0 Å². The van der Waals surface area contributed by atoms with Gasteiger partial charge in [0.25, 0.3) is 0 Å². The third kappa shape index (κ3) is 44.9. The number of rotatable bonds is 57. The molecule has 2 aromatic carbocycles. The number of unbranched alkanes of at least 4 members (excludes halogenated alkanes) is 44. The Bertz CT molecular complexity index is 1600. The lowest BCUT2D eigenvalue weighted by molar-refractivity contribution is 0.520. The van der Waals surface area contributed by atoms with Crippen LogP contribution in [0.25, 0.3) is 0 Å². The molecule has 0 aliphatic rings. The van der Waals surface area contributed by atoms with Crippen molar-refractivity contribution < 1.29 is 0 Å². The van der Waals surface area contributed by atoms with E-state index in [0.717, 1.165) is 55.6 Å². The summed E-state index contributed by atoms with van der Waals surface area (Å²) in [4.78, 5) is 10.4. The lowest BCUT2D eigenvalue weighted by atomic mass is 10.0. The molecule has 428 valence electrons. The fourth-order valence-corrected chi connectivity index (χ4v) is 11.0. The van der Waals surface area contributed by atoms with Crippen LogP contribution >= 0.6 is 0 Å². The molecule has 0 spiro atoms. The molecule has 0 saturated carbocycles. The van der Waals surface area contributed by atoms with Gasteiger partial charge < -0.3 is 0 Å².